The standard InChI is InChI=1S/C12H15F3N4O2/c1-4-7(2)20-6-9-16-11(18-21-9)8-5-19(3)17-10(8)12(13,14)15/h5,7H,4,6H2,1-3H3. The average molecular weight is 304 g/mol. The molecule has 0 aliphatic rings. The van der Waals surface area contributed by atoms with Crippen LogP contribution in [-0.2, 0) is 24.6 Å². The van der Waals surface area contributed by atoms with Crippen molar-refractivity contribution in [2.24, 2.45) is 7.05 Å². The van der Waals surface area contributed by atoms with Gasteiger partial charge in [-0.15, -0.1) is 0 Å². The summed E-state index contributed by atoms with van der Waals surface area (Å²) in [5.41, 5.74) is -1.26. The van der Waals surface area contributed by atoms with Crippen molar-refractivity contribution in [2.45, 2.75) is 39.2 Å². The molecular weight excluding hydrogens is 289 g/mol. The zero-order chi connectivity index (χ0) is 15.6. The lowest BCUT2D eigenvalue weighted by Gasteiger charge is -2.06. The lowest BCUT2D eigenvalue weighted by atomic mass is 10.2. The SMILES string of the molecule is CCC(C)OCc1nc(-c2cn(C)nc2C(F)(F)F)no1. The molecule has 0 aliphatic heterocycles. The van der Waals surface area contributed by atoms with E-state index < -0.39 is 11.9 Å². The third kappa shape index (κ3) is 3.60. The Morgan fingerprint density at radius 1 is 1.43 bits per heavy atom. The molecule has 21 heavy (non-hydrogen) atoms. The normalized spacial score (nSPS) is 13.6. The van der Waals surface area contributed by atoms with Crippen LogP contribution in [0, 0.1) is 0 Å². The van der Waals surface area contributed by atoms with E-state index in [1.165, 1.54) is 13.2 Å². The highest BCUT2D eigenvalue weighted by Crippen LogP contribution is 2.34. The van der Waals surface area contributed by atoms with Crippen LogP contribution >= 0.6 is 0 Å². The first-order valence-electron chi connectivity index (χ1n) is 6.36. The second-order valence-corrected chi connectivity index (χ2v) is 4.60. The van der Waals surface area contributed by atoms with Crippen molar-refractivity contribution in [3.05, 3.63) is 17.8 Å². The van der Waals surface area contributed by atoms with E-state index >= 15 is 0 Å². The van der Waals surface area contributed by atoms with Gasteiger partial charge in [0.2, 0.25) is 5.82 Å². The van der Waals surface area contributed by atoms with Crippen LogP contribution in [0.4, 0.5) is 13.2 Å². The van der Waals surface area contributed by atoms with E-state index in [1.54, 1.807) is 0 Å². The van der Waals surface area contributed by atoms with Gasteiger partial charge in [-0.1, -0.05) is 12.1 Å². The van der Waals surface area contributed by atoms with Gasteiger partial charge >= 0.3 is 6.18 Å². The number of aromatic nitrogens is 4. The minimum Gasteiger partial charge on any atom is -0.369 e. The lowest BCUT2D eigenvalue weighted by molar-refractivity contribution is -0.141. The number of halogens is 3. The maximum absolute atomic E-state index is 12.9. The second-order valence-electron chi connectivity index (χ2n) is 4.60. The van der Waals surface area contributed by atoms with E-state index in [4.69, 9.17) is 9.26 Å². The van der Waals surface area contributed by atoms with Gasteiger partial charge in [-0.25, -0.2) is 0 Å². The van der Waals surface area contributed by atoms with E-state index in [1.807, 2.05) is 13.8 Å². The molecule has 2 heterocycles. The van der Waals surface area contributed by atoms with Crippen LogP contribution in [0.3, 0.4) is 0 Å². The molecule has 6 nitrogen and oxygen atoms in total. The molecule has 0 amide bonds. The van der Waals surface area contributed by atoms with Gasteiger partial charge < -0.3 is 9.26 Å². The van der Waals surface area contributed by atoms with Gasteiger partial charge in [0.1, 0.15) is 6.61 Å². The van der Waals surface area contributed by atoms with Crippen LogP contribution in [0.2, 0.25) is 0 Å². The zero-order valence-electron chi connectivity index (χ0n) is 11.8. The van der Waals surface area contributed by atoms with E-state index in [0.29, 0.717) is 0 Å². The van der Waals surface area contributed by atoms with Crippen LogP contribution in [0.1, 0.15) is 31.9 Å². The quantitative estimate of drug-likeness (QED) is 0.849. The van der Waals surface area contributed by atoms with Gasteiger partial charge in [0.05, 0.1) is 11.7 Å². The molecule has 0 radical (unpaired) electrons. The molecule has 1 unspecified atom stereocenters. The van der Waals surface area contributed by atoms with E-state index in [0.717, 1.165) is 11.1 Å². The predicted molar refractivity (Wildman–Crippen MR) is 66.0 cm³/mol. The Kier molecular flexibility index (Phi) is 4.31. The van der Waals surface area contributed by atoms with Gasteiger partial charge in [0, 0.05) is 13.2 Å². The highest BCUT2D eigenvalue weighted by Gasteiger charge is 2.38. The fourth-order valence-electron chi connectivity index (χ4n) is 1.62. The number of aryl methyl sites for hydroxylation is 1. The number of rotatable bonds is 5. The Balaban J connectivity index is 2.22. The minimum absolute atomic E-state index is 0.00415. The maximum atomic E-state index is 12.9. The molecule has 0 spiro atoms. The van der Waals surface area contributed by atoms with Crippen molar-refractivity contribution in [2.75, 3.05) is 0 Å². The van der Waals surface area contributed by atoms with Crippen molar-refractivity contribution in [1.82, 2.24) is 19.9 Å². The van der Waals surface area contributed by atoms with Gasteiger partial charge in [-0.05, 0) is 13.3 Å². The smallest absolute Gasteiger partial charge is 0.369 e. The minimum atomic E-state index is -4.58. The van der Waals surface area contributed by atoms with Crippen LogP contribution in [0.5, 0.6) is 0 Å². The summed E-state index contributed by atoms with van der Waals surface area (Å²) in [6, 6.07) is 0. The fourth-order valence-corrected chi connectivity index (χ4v) is 1.62. The first-order valence-corrected chi connectivity index (χ1v) is 6.36. The molecule has 0 aromatic carbocycles. The summed E-state index contributed by atoms with van der Waals surface area (Å²) < 4.78 is 50.0. The topological polar surface area (TPSA) is 66.0 Å². The van der Waals surface area contributed by atoms with Crippen molar-refractivity contribution in [3.8, 4) is 11.4 Å². The van der Waals surface area contributed by atoms with Crippen molar-refractivity contribution in [1.29, 1.82) is 0 Å². The Hall–Kier alpha value is -1.90. The molecule has 1 atom stereocenters. The van der Waals surface area contributed by atoms with Crippen molar-refractivity contribution < 1.29 is 22.4 Å². The molecule has 9 heteroatoms. The summed E-state index contributed by atoms with van der Waals surface area (Å²) >= 11 is 0. The van der Waals surface area contributed by atoms with E-state index in [9.17, 15) is 13.2 Å². The van der Waals surface area contributed by atoms with Crippen molar-refractivity contribution >= 4 is 0 Å². The predicted octanol–water partition coefficient (Wildman–Crippen LogP) is 2.80. The third-order valence-corrected chi connectivity index (χ3v) is 2.87. The Morgan fingerprint density at radius 2 is 2.14 bits per heavy atom. The summed E-state index contributed by atoms with van der Waals surface area (Å²) in [7, 11) is 1.39. The molecule has 0 saturated carbocycles. The molecule has 2 rings (SSSR count). The Bertz CT molecular complexity index is 606. The monoisotopic (exact) mass is 304 g/mol. The summed E-state index contributed by atoms with van der Waals surface area (Å²) in [6.07, 6.45) is -2.57. The molecule has 0 N–H and O–H groups in total. The van der Waals surface area contributed by atoms with E-state index in [-0.39, 0.29) is 30.0 Å². The first-order chi connectivity index (χ1) is 9.81. The van der Waals surface area contributed by atoms with Crippen molar-refractivity contribution in [3.63, 3.8) is 0 Å². The van der Waals surface area contributed by atoms with E-state index in [2.05, 4.69) is 15.2 Å². The zero-order valence-corrected chi connectivity index (χ0v) is 11.8. The first kappa shape index (κ1) is 15.5. The van der Waals surface area contributed by atoms with Gasteiger partial charge in [0.25, 0.3) is 5.89 Å². The Morgan fingerprint density at radius 3 is 2.76 bits per heavy atom. The van der Waals surface area contributed by atoms with Crippen LogP contribution in [0.25, 0.3) is 11.4 Å². The lowest BCUT2D eigenvalue weighted by Crippen LogP contribution is -2.08. The third-order valence-electron chi connectivity index (χ3n) is 2.87. The molecule has 0 fully saturated rings. The Labute approximate surface area is 118 Å². The molecule has 0 bridgehead atoms. The van der Waals surface area contributed by atoms with Gasteiger partial charge in [0.15, 0.2) is 5.69 Å². The largest absolute Gasteiger partial charge is 0.435 e. The highest BCUT2D eigenvalue weighted by atomic mass is 19.4. The van der Waals surface area contributed by atoms with Crippen LogP contribution < -0.4 is 0 Å². The van der Waals surface area contributed by atoms with Gasteiger partial charge in [-0.2, -0.15) is 23.3 Å². The molecule has 0 saturated heterocycles. The summed E-state index contributed by atoms with van der Waals surface area (Å²) in [5.74, 6) is -0.0274. The molecular formula is C12H15F3N4O2. The molecule has 0 aliphatic carbocycles. The number of ether oxygens (including phenoxy) is 1. The fraction of sp³-hybridized carbons (Fsp3) is 0.583. The number of hydrogen-bond acceptors (Lipinski definition) is 5. The summed E-state index contributed by atoms with van der Waals surface area (Å²) in [6.45, 7) is 3.89. The van der Waals surface area contributed by atoms with Crippen LogP contribution in [0.15, 0.2) is 10.7 Å². The second kappa shape index (κ2) is 5.84. The van der Waals surface area contributed by atoms with Crippen LogP contribution in [-0.4, -0.2) is 26.0 Å². The maximum Gasteiger partial charge on any atom is 0.435 e. The summed E-state index contributed by atoms with van der Waals surface area (Å²) in [4.78, 5) is 3.92. The van der Waals surface area contributed by atoms with Gasteiger partial charge in [-0.3, -0.25) is 4.68 Å². The molecule has 2 aromatic heterocycles. The molecule has 116 valence electrons. The molecule has 2 aromatic rings. The number of nitrogens with zero attached hydrogens (tertiary/aromatic N) is 4. The number of alkyl halides is 3. The summed E-state index contributed by atoms with van der Waals surface area (Å²) in [5, 5.41) is 6.95. The average Bonchev–Trinajstić information content (AvgIpc) is 3.01. The number of hydrogen-bond donors (Lipinski definition) is 0. The highest BCUT2D eigenvalue weighted by molar-refractivity contribution is 5.57.